The normalized spacial score (nSPS) is 21.2. The zero-order chi connectivity index (χ0) is 20.3. The van der Waals surface area contributed by atoms with Crippen molar-refractivity contribution in [1.82, 2.24) is 19.2 Å². The van der Waals surface area contributed by atoms with Gasteiger partial charge in [0.05, 0.1) is 17.0 Å². The summed E-state index contributed by atoms with van der Waals surface area (Å²) in [6.45, 7) is 2.98. The Bertz CT molecular complexity index is 931. The Hall–Kier alpha value is -2.52. The van der Waals surface area contributed by atoms with Crippen molar-refractivity contribution in [2.24, 2.45) is 5.92 Å². The molecule has 0 aliphatic carbocycles. The van der Waals surface area contributed by atoms with Gasteiger partial charge in [0.15, 0.2) is 0 Å². The third-order valence-corrected chi connectivity index (χ3v) is 7.49. The van der Waals surface area contributed by atoms with Crippen molar-refractivity contribution in [1.29, 1.82) is 0 Å². The molecular weight excluding hydrogens is 390 g/mol. The molecule has 29 heavy (non-hydrogen) atoms. The van der Waals surface area contributed by atoms with Gasteiger partial charge in [-0.25, -0.2) is 13.4 Å². The van der Waals surface area contributed by atoms with Crippen molar-refractivity contribution in [3.63, 3.8) is 0 Å². The van der Waals surface area contributed by atoms with Crippen molar-refractivity contribution >= 4 is 21.7 Å². The molecule has 8 nitrogen and oxygen atoms in total. The molecule has 0 N–H and O–H groups in total. The molecule has 1 aromatic carbocycles. The molecule has 1 aromatic heterocycles. The van der Waals surface area contributed by atoms with E-state index >= 15 is 0 Å². The first-order chi connectivity index (χ1) is 14.1. The van der Waals surface area contributed by atoms with Gasteiger partial charge in [-0.1, -0.05) is 18.2 Å². The van der Waals surface area contributed by atoms with E-state index in [9.17, 15) is 13.2 Å². The number of anilines is 1. The lowest BCUT2D eigenvalue weighted by molar-refractivity contribution is -0.137. The topological polar surface area (TPSA) is 86.7 Å². The SMILES string of the molecule is O=C(C1CCCN(c2cnccn2)C1)N1CCN(S(=O)(=O)c2ccccc2)CC1. The van der Waals surface area contributed by atoms with Crippen LogP contribution in [0, 0.1) is 5.92 Å². The Labute approximate surface area is 171 Å². The molecule has 3 heterocycles. The summed E-state index contributed by atoms with van der Waals surface area (Å²) < 4.78 is 27.0. The van der Waals surface area contributed by atoms with Crippen LogP contribution in [0.3, 0.4) is 0 Å². The molecular formula is C20H25N5O3S. The number of carbonyl (C=O) groups excluding carboxylic acids is 1. The number of sulfonamides is 1. The maximum atomic E-state index is 13.1. The van der Waals surface area contributed by atoms with Crippen molar-refractivity contribution in [3.05, 3.63) is 48.9 Å². The molecule has 2 aromatic rings. The van der Waals surface area contributed by atoms with E-state index in [4.69, 9.17) is 0 Å². The Kier molecular flexibility index (Phi) is 5.77. The third kappa shape index (κ3) is 4.25. The summed E-state index contributed by atoms with van der Waals surface area (Å²) in [7, 11) is -3.51. The predicted molar refractivity (Wildman–Crippen MR) is 109 cm³/mol. The molecule has 154 valence electrons. The highest BCUT2D eigenvalue weighted by atomic mass is 32.2. The van der Waals surface area contributed by atoms with Crippen LogP contribution in [0.2, 0.25) is 0 Å². The lowest BCUT2D eigenvalue weighted by atomic mass is 9.96. The number of hydrogen-bond donors (Lipinski definition) is 0. The molecule has 9 heteroatoms. The molecule has 0 saturated carbocycles. The fourth-order valence-corrected chi connectivity index (χ4v) is 5.43. The number of hydrogen-bond acceptors (Lipinski definition) is 6. The number of piperazine rings is 1. The van der Waals surface area contributed by atoms with Crippen LogP contribution in [-0.4, -0.2) is 72.8 Å². The maximum Gasteiger partial charge on any atom is 0.243 e. The number of amides is 1. The van der Waals surface area contributed by atoms with Gasteiger partial charge in [0, 0.05) is 51.7 Å². The summed E-state index contributed by atoms with van der Waals surface area (Å²) in [5.74, 6) is 0.808. The van der Waals surface area contributed by atoms with Crippen molar-refractivity contribution in [2.45, 2.75) is 17.7 Å². The van der Waals surface area contributed by atoms with E-state index in [-0.39, 0.29) is 11.8 Å². The van der Waals surface area contributed by atoms with Gasteiger partial charge in [-0.15, -0.1) is 0 Å². The summed E-state index contributed by atoms with van der Waals surface area (Å²) in [4.78, 5) is 25.7. The molecule has 2 aliphatic rings. The van der Waals surface area contributed by atoms with E-state index in [1.165, 1.54) is 4.31 Å². The average Bonchev–Trinajstić information content (AvgIpc) is 2.80. The van der Waals surface area contributed by atoms with Crippen LogP contribution in [0.1, 0.15) is 12.8 Å². The average molecular weight is 416 g/mol. The quantitative estimate of drug-likeness (QED) is 0.746. The highest BCUT2D eigenvalue weighted by molar-refractivity contribution is 7.89. The second kappa shape index (κ2) is 8.46. The highest BCUT2D eigenvalue weighted by Gasteiger charge is 2.34. The van der Waals surface area contributed by atoms with Crippen LogP contribution < -0.4 is 4.90 Å². The fourth-order valence-electron chi connectivity index (χ4n) is 3.99. The molecule has 2 aliphatic heterocycles. The van der Waals surface area contributed by atoms with Gasteiger partial charge in [-0.3, -0.25) is 9.78 Å². The Morgan fingerprint density at radius 1 is 1.00 bits per heavy atom. The van der Waals surface area contributed by atoms with Gasteiger partial charge in [0.25, 0.3) is 0 Å². The van der Waals surface area contributed by atoms with E-state index < -0.39 is 10.0 Å². The van der Waals surface area contributed by atoms with Crippen LogP contribution in [-0.2, 0) is 14.8 Å². The van der Waals surface area contributed by atoms with Crippen LogP contribution >= 0.6 is 0 Å². The molecule has 0 spiro atoms. The Balaban J connectivity index is 1.37. The van der Waals surface area contributed by atoms with Gasteiger partial charge < -0.3 is 9.80 Å². The molecule has 1 unspecified atom stereocenters. The summed E-state index contributed by atoms with van der Waals surface area (Å²) in [6.07, 6.45) is 6.79. The number of carbonyl (C=O) groups is 1. The van der Waals surface area contributed by atoms with Gasteiger partial charge in [0.2, 0.25) is 15.9 Å². The minimum Gasteiger partial charge on any atom is -0.355 e. The van der Waals surface area contributed by atoms with E-state index in [1.807, 2.05) is 4.90 Å². The molecule has 0 radical (unpaired) electrons. The number of aromatic nitrogens is 2. The predicted octanol–water partition coefficient (Wildman–Crippen LogP) is 1.23. The molecule has 4 rings (SSSR count). The number of piperidine rings is 1. The zero-order valence-corrected chi connectivity index (χ0v) is 17.0. The summed E-state index contributed by atoms with van der Waals surface area (Å²) in [5.41, 5.74) is 0. The van der Waals surface area contributed by atoms with Gasteiger partial charge in [0.1, 0.15) is 5.82 Å². The molecule has 1 atom stereocenters. The van der Waals surface area contributed by atoms with Gasteiger partial charge >= 0.3 is 0 Å². The molecule has 2 fully saturated rings. The molecule has 1 amide bonds. The van der Waals surface area contributed by atoms with Gasteiger partial charge in [-0.2, -0.15) is 4.31 Å². The van der Waals surface area contributed by atoms with Crippen molar-refractivity contribution in [2.75, 3.05) is 44.2 Å². The largest absolute Gasteiger partial charge is 0.355 e. The maximum absolute atomic E-state index is 13.1. The standard InChI is InChI=1S/C20H25N5O3S/c26-20(17-5-4-10-24(16-17)19-15-21-8-9-22-19)23-11-13-25(14-12-23)29(27,28)18-6-2-1-3-7-18/h1-3,6-9,15,17H,4-5,10-14,16H2. The van der Waals surface area contributed by atoms with E-state index in [0.29, 0.717) is 37.6 Å². The van der Waals surface area contributed by atoms with E-state index in [2.05, 4.69) is 14.9 Å². The zero-order valence-electron chi connectivity index (χ0n) is 16.2. The Morgan fingerprint density at radius 2 is 1.76 bits per heavy atom. The minimum absolute atomic E-state index is 0.0944. The second-order valence-electron chi connectivity index (χ2n) is 7.39. The lowest BCUT2D eigenvalue weighted by Crippen LogP contribution is -2.53. The molecule has 2 saturated heterocycles. The number of rotatable bonds is 4. The van der Waals surface area contributed by atoms with Crippen molar-refractivity contribution in [3.8, 4) is 0 Å². The lowest BCUT2D eigenvalue weighted by Gasteiger charge is -2.38. The number of nitrogens with zero attached hydrogens (tertiary/aromatic N) is 5. The van der Waals surface area contributed by atoms with Crippen LogP contribution in [0.25, 0.3) is 0 Å². The van der Waals surface area contributed by atoms with E-state index in [1.54, 1.807) is 48.9 Å². The first kappa shape index (κ1) is 19.8. The van der Waals surface area contributed by atoms with Crippen LogP contribution in [0.5, 0.6) is 0 Å². The van der Waals surface area contributed by atoms with Crippen molar-refractivity contribution < 1.29 is 13.2 Å². The minimum atomic E-state index is -3.51. The first-order valence-electron chi connectivity index (χ1n) is 9.90. The highest BCUT2D eigenvalue weighted by Crippen LogP contribution is 2.24. The molecule has 0 bridgehead atoms. The van der Waals surface area contributed by atoms with Gasteiger partial charge in [-0.05, 0) is 25.0 Å². The van der Waals surface area contributed by atoms with Crippen LogP contribution in [0.4, 0.5) is 5.82 Å². The number of benzene rings is 1. The van der Waals surface area contributed by atoms with E-state index in [0.717, 1.165) is 25.2 Å². The third-order valence-electron chi connectivity index (χ3n) is 5.58. The smallest absolute Gasteiger partial charge is 0.243 e. The summed E-state index contributed by atoms with van der Waals surface area (Å²) >= 11 is 0. The second-order valence-corrected chi connectivity index (χ2v) is 9.33. The first-order valence-corrected chi connectivity index (χ1v) is 11.3. The summed E-state index contributed by atoms with van der Waals surface area (Å²) in [6, 6.07) is 8.45. The fraction of sp³-hybridized carbons (Fsp3) is 0.450. The Morgan fingerprint density at radius 3 is 2.45 bits per heavy atom. The monoisotopic (exact) mass is 415 g/mol. The summed E-state index contributed by atoms with van der Waals surface area (Å²) in [5, 5.41) is 0. The van der Waals surface area contributed by atoms with Crippen LogP contribution in [0.15, 0.2) is 53.8 Å².